The molecule has 0 saturated heterocycles. The van der Waals surface area contributed by atoms with Crippen molar-refractivity contribution >= 4 is 29.1 Å². The van der Waals surface area contributed by atoms with E-state index < -0.39 is 5.91 Å². The van der Waals surface area contributed by atoms with Gasteiger partial charge in [-0.15, -0.1) is 0 Å². The van der Waals surface area contributed by atoms with Gasteiger partial charge in [0.25, 0.3) is 0 Å². The van der Waals surface area contributed by atoms with Gasteiger partial charge in [0.1, 0.15) is 0 Å². The molecule has 1 aromatic heterocycles. The summed E-state index contributed by atoms with van der Waals surface area (Å²) in [6, 6.07) is 14.1. The lowest BCUT2D eigenvalue weighted by atomic mass is 10.1. The molecule has 0 atom stereocenters. The van der Waals surface area contributed by atoms with Crippen molar-refractivity contribution < 1.29 is 14.1 Å². The molecular weight excluding hydrogens is 368 g/mol. The molecule has 0 saturated carbocycles. The van der Waals surface area contributed by atoms with Crippen molar-refractivity contribution in [2.75, 3.05) is 5.32 Å². The molecule has 0 aliphatic carbocycles. The van der Waals surface area contributed by atoms with Crippen molar-refractivity contribution in [3.8, 4) is 11.4 Å². The van der Waals surface area contributed by atoms with Gasteiger partial charge in [-0.05, 0) is 35.9 Å². The molecule has 0 fully saturated rings. The number of para-hydroxylation sites is 1. The Morgan fingerprint density at radius 1 is 1.11 bits per heavy atom. The third-order valence-electron chi connectivity index (χ3n) is 3.79. The molecule has 3 aromatic rings. The number of anilines is 1. The lowest BCUT2D eigenvalue weighted by molar-refractivity contribution is -0.118. The Balaban J connectivity index is 1.59. The number of nitrogens with one attached hydrogen (secondary N) is 1. The Morgan fingerprint density at radius 3 is 2.59 bits per heavy atom. The Hall–Kier alpha value is -3.19. The van der Waals surface area contributed by atoms with Crippen molar-refractivity contribution in [2.45, 2.75) is 19.3 Å². The van der Waals surface area contributed by atoms with Crippen LogP contribution in [0.15, 0.2) is 53.1 Å². The van der Waals surface area contributed by atoms with Gasteiger partial charge in [-0.3, -0.25) is 9.59 Å². The number of carbonyl (C=O) groups excluding carboxylic acids is 2. The number of aromatic nitrogens is 2. The molecule has 3 N–H and O–H groups in total. The van der Waals surface area contributed by atoms with E-state index in [4.69, 9.17) is 21.9 Å². The zero-order valence-corrected chi connectivity index (χ0v) is 15.1. The summed E-state index contributed by atoms with van der Waals surface area (Å²) in [5, 5.41) is 7.31. The van der Waals surface area contributed by atoms with E-state index in [9.17, 15) is 9.59 Å². The monoisotopic (exact) mass is 384 g/mol. The summed E-state index contributed by atoms with van der Waals surface area (Å²) in [5.41, 5.74) is 7.24. The number of hydrogen-bond donors (Lipinski definition) is 2. The van der Waals surface area contributed by atoms with Crippen molar-refractivity contribution in [1.82, 2.24) is 10.1 Å². The molecule has 0 radical (unpaired) electrons. The first-order chi connectivity index (χ1) is 13.0. The number of aryl methyl sites for hydroxylation is 1. The van der Waals surface area contributed by atoms with Gasteiger partial charge in [0.2, 0.25) is 23.5 Å². The number of rotatable bonds is 7. The first-order valence-electron chi connectivity index (χ1n) is 8.26. The third-order valence-corrected chi connectivity index (χ3v) is 4.04. The molecular formula is C19H17ClN4O3. The van der Waals surface area contributed by atoms with Crippen LogP contribution < -0.4 is 11.1 Å². The molecule has 0 spiro atoms. The van der Waals surface area contributed by atoms with Crippen LogP contribution in [-0.2, 0) is 22.4 Å². The van der Waals surface area contributed by atoms with E-state index in [2.05, 4.69) is 15.5 Å². The van der Waals surface area contributed by atoms with Gasteiger partial charge in [-0.2, -0.15) is 4.98 Å². The van der Waals surface area contributed by atoms with Gasteiger partial charge in [0.05, 0.1) is 6.42 Å². The number of primary amides is 1. The van der Waals surface area contributed by atoms with Crippen LogP contribution in [0.4, 0.5) is 5.69 Å². The quantitative estimate of drug-likeness (QED) is 0.650. The van der Waals surface area contributed by atoms with E-state index in [1.54, 1.807) is 48.5 Å². The zero-order valence-electron chi connectivity index (χ0n) is 14.3. The molecule has 8 heteroatoms. The van der Waals surface area contributed by atoms with E-state index in [-0.39, 0.29) is 18.7 Å². The summed E-state index contributed by atoms with van der Waals surface area (Å²) in [6.07, 6.45) is 0.516. The summed E-state index contributed by atoms with van der Waals surface area (Å²) >= 11 is 5.86. The number of hydrogen-bond acceptors (Lipinski definition) is 5. The van der Waals surface area contributed by atoms with E-state index in [1.165, 1.54) is 0 Å². The predicted molar refractivity (Wildman–Crippen MR) is 101 cm³/mol. The topological polar surface area (TPSA) is 111 Å². The van der Waals surface area contributed by atoms with Crippen LogP contribution in [0.2, 0.25) is 5.02 Å². The average Bonchev–Trinajstić information content (AvgIpc) is 3.11. The van der Waals surface area contributed by atoms with Crippen LogP contribution in [0.1, 0.15) is 17.9 Å². The molecule has 27 heavy (non-hydrogen) atoms. The van der Waals surface area contributed by atoms with Gasteiger partial charge in [-0.25, -0.2) is 0 Å². The molecule has 2 aromatic carbocycles. The summed E-state index contributed by atoms with van der Waals surface area (Å²) < 4.78 is 5.19. The largest absolute Gasteiger partial charge is 0.369 e. The Labute approximate surface area is 160 Å². The van der Waals surface area contributed by atoms with Crippen LogP contribution in [0.3, 0.4) is 0 Å². The number of halogens is 1. The van der Waals surface area contributed by atoms with E-state index in [0.29, 0.717) is 34.4 Å². The van der Waals surface area contributed by atoms with Gasteiger partial charge in [-0.1, -0.05) is 35.0 Å². The highest BCUT2D eigenvalue weighted by Crippen LogP contribution is 2.19. The Kier molecular flexibility index (Phi) is 5.83. The molecule has 0 aliphatic heterocycles. The number of benzene rings is 2. The van der Waals surface area contributed by atoms with Gasteiger partial charge >= 0.3 is 0 Å². The fraction of sp³-hybridized carbons (Fsp3) is 0.158. The highest BCUT2D eigenvalue weighted by atomic mass is 35.5. The minimum absolute atomic E-state index is 0.0601. The van der Waals surface area contributed by atoms with Crippen LogP contribution in [0.5, 0.6) is 0 Å². The third kappa shape index (κ3) is 5.15. The fourth-order valence-corrected chi connectivity index (χ4v) is 2.62. The maximum atomic E-state index is 12.2. The molecule has 138 valence electrons. The minimum atomic E-state index is -0.461. The number of nitrogens with two attached hydrogens (primary N) is 1. The lowest BCUT2D eigenvalue weighted by Crippen LogP contribution is -2.17. The number of amides is 2. The second kappa shape index (κ2) is 8.46. The highest BCUT2D eigenvalue weighted by molar-refractivity contribution is 6.30. The molecule has 1 heterocycles. The summed E-state index contributed by atoms with van der Waals surface area (Å²) in [7, 11) is 0. The van der Waals surface area contributed by atoms with Crippen LogP contribution >= 0.6 is 11.6 Å². The van der Waals surface area contributed by atoms with Crippen molar-refractivity contribution in [2.24, 2.45) is 5.73 Å². The second-order valence-electron chi connectivity index (χ2n) is 5.87. The molecule has 7 nitrogen and oxygen atoms in total. The van der Waals surface area contributed by atoms with Crippen LogP contribution in [0.25, 0.3) is 11.4 Å². The van der Waals surface area contributed by atoms with Crippen LogP contribution in [0, 0.1) is 0 Å². The van der Waals surface area contributed by atoms with E-state index in [0.717, 1.165) is 5.56 Å². The van der Waals surface area contributed by atoms with Crippen molar-refractivity contribution in [1.29, 1.82) is 0 Å². The predicted octanol–water partition coefficient (Wildman–Crippen LogP) is 2.99. The van der Waals surface area contributed by atoms with Crippen LogP contribution in [-0.4, -0.2) is 22.0 Å². The molecule has 0 unspecified atom stereocenters. The normalized spacial score (nSPS) is 10.6. The second-order valence-corrected chi connectivity index (χ2v) is 6.30. The Bertz CT molecular complexity index is 954. The maximum absolute atomic E-state index is 12.2. The van der Waals surface area contributed by atoms with E-state index >= 15 is 0 Å². The number of nitrogens with zero attached hydrogens (tertiary/aromatic N) is 2. The van der Waals surface area contributed by atoms with E-state index in [1.807, 2.05) is 0 Å². The number of carbonyl (C=O) groups is 2. The average molecular weight is 385 g/mol. The maximum Gasteiger partial charge on any atom is 0.227 e. The van der Waals surface area contributed by atoms with Gasteiger partial charge < -0.3 is 15.6 Å². The summed E-state index contributed by atoms with van der Waals surface area (Å²) in [4.78, 5) is 27.6. The molecule has 3 rings (SSSR count). The smallest absolute Gasteiger partial charge is 0.227 e. The molecule has 2 amide bonds. The highest BCUT2D eigenvalue weighted by Gasteiger charge is 2.12. The Morgan fingerprint density at radius 2 is 1.85 bits per heavy atom. The molecule has 0 aliphatic rings. The SMILES string of the molecule is NC(=O)Cc1ccccc1NC(=O)CCc1nc(-c2ccc(Cl)cc2)no1. The standard InChI is InChI=1S/C19H17ClN4O3/c20-14-7-5-12(6-8-14)19-23-18(27-24-19)10-9-17(26)22-15-4-2-1-3-13(15)11-16(21)25/h1-8H,9-11H2,(H2,21,25)(H,22,26). The van der Waals surface area contributed by atoms with Crippen molar-refractivity contribution in [3.05, 3.63) is 65.0 Å². The van der Waals surface area contributed by atoms with Crippen molar-refractivity contribution in [3.63, 3.8) is 0 Å². The molecule has 0 bridgehead atoms. The van der Waals surface area contributed by atoms with Gasteiger partial charge in [0, 0.05) is 29.1 Å². The first-order valence-corrected chi connectivity index (χ1v) is 8.63. The van der Waals surface area contributed by atoms with Gasteiger partial charge in [0.15, 0.2) is 0 Å². The first kappa shape index (κ1) is 18.6. The lowest BCUT2D eigenvalue weighted by Gasteiger charge is -2.09. The zero-order chi connectivity index (χ0) is 19.2. The minimum Gasteiger partial charge on any atom is -0.369 e. The fourth-order valence-electron chi connectivity index (χ4n) is 2.49. The summed E-state index contributed by atoms with van der Waals surface area (Å²) in [5.74, 6) is 0.116. The summed E-state index contributed by atoms with van der Waals surface area (Å²) in [6.45, 7) is 0.